The Bertz CT molecular complexity index is 384. The normalized spacial score (nSPS) is 10.4. The number of carbonyl (C=O) groups is 1. The number of hydrogen-bond donors (Lipinski definition) is 0. The topological polar surface area (TPSA) is 35.5 Å². The first-order valence-electron chi connectivity index (χ1n) is 8.18. The molecule has 1 aromatic rings. The van der Waals surface area contributed by atoms with Gasteiger partial charge in [0, 0.05) is 0 Å². The highest BCUT2D eigenvalue weighted by Crippen LogP contribution is 2.14. The minimum atomic E-state index is -0.281. The number of rotatable bonds is 11. The van der Waals surface area contributed by atoms with E-state index in [4.69, 9.17) is 9.47 Å². The third-order valence-electron chi connectivity index (χ3n) is 3.38. The van der Waals surface area contributed by atoms with Crippen LogP contribution in [0.25, 0.3) is 0 Å². The summed E-state index contributed by atoms with van der Waals surface area (Å²) >= 11 is 0. The first kappa shape index (κ1) is 17.5. The van der Waals surface area contributed by atoms with Gasteiger partial charge in [-0.15, -0.1) is 0 Å². The van der Waals surface area contributed by atoms with Gasteiger partial charge in [0.2, 0.25) is 0 Å². The second-order valence-electron chi connectivity index (χ2n) is 5.21. The van der Waals surface area contributed by atoms with Crippen molar-refractivity contribution in [3.05, 3.63) is 29.8 Å². The highest BCUT2D eigenvalue weighted by atomic mass is 16.5. The molecule has 0 N–H and O–H groups in total. The van der Waals surface area contributed by atoms with E-state index >= 15 is 0 Å². The molecule has 0 aliphatic carbocycles. The molecule has 0 bridgehead atoms. The predicted octanol–water partition coefficient (Wildman–Crippen LogP) is 4.99. The Morgan fingerprint density at radius 3 is 2.14 bits per heavy atom. The van der Waals surface area contributed by atoms with Crippen LogP contribution in [0.2, 0.25) is 0 Å². The fourth-order valence-electron chi connectivity index (χ4n) is 2.15. The molecule has 118 valence electrons. The monoisotopic (exact) mass is 292 g/mol. The highest BCUT2D eigenvalue weighted by Gasteiger charge is 2.05. The maximum Gasteiger partial charge on any atom is 0.338 e. The lowest BCUT2D eigenvalue weighted by atomic mass is 10.1. The lowest BCUT2D eigenvalue weighted by molar-refractivity contribution is 0.0526. The summed E-state index contributed by atoms with van der Waals surface area (Å²) in [5.74, 6) is 0.533. The number of carbonyl (C=O) groups excluding carboxylic acids is 1. The zero-order chi connectivity index (χ0) is 15.3. The summed E-state index contributed by atoms with van der Waals surface area (Å²) in [7, 11) is 0. The number of ether oxygens (including phenoxy) is 2. The van der Waals surface area contributed by atoms with Crippen molar-refractivity contribution >= 4 is 5.97 Å². The Labute approximate surface area is 128 Å². The van der Waals surface area contributed by atoms with Crippen molar-refractivity contribution in [3.63, 3.8) is 0 Å². The lowest BCUT2D eigenvalue weighted by Gasteiger charge is -2.07. The third-order valence-corrected chi connectivity index (χ3v) is 3.38. The molecular weight excluding hydrogens is 264 g/mol. The molecule has 0 unspecified atom stereocenters. The zero-order valence-corrected chi connectivity index (χ0v) is 13.4. The molecule has 0 atom stereocenters. The van der Waals surface area contributed by atoms with E-state index in [9.17, 15) is 4.79 Å². The van der Waals surface area contributed by atoms with E-state index in [2.05, 4.69) is 6.92 Å². The molecule has 0 aliphatic heterocycles. The number of esters is 1. The summed E-state index contributed by atoms with van der Waals surface area (Å²) in [6.45, 7) is 5.18. The summed E-state index contributed by atoms with van der Waals surface area (Å²) in [6.07, 6.45) is 8.95. The van der Waals surface area contributed by atoms with Crippen LogP contribution in [0, 0.1) is 0 Å². The van der Waals surface area contributed by atoms with Gasteiger partial charge in [0.15, 0.2) is 0 Å². The average Bonchev–Trinajstić information content (AvgIpc) is 2.51. The smallest absolute Gasteiger partial charge is 0.338 e. The molecule has 0 saturated heterocycles. The fraction of sp³-hybridized carbons (Fsp3) is 0.611. The molecule has 21 heavy (non-hydrogen) atoms. The largest absolute Gasteiger partial charge is 0.494 e. The van der Waals surface area contributed by atoms with E-state index in [1.54, 1.807) is 19.1 Å². The molecule has 0 radical (unpaired) electrons. The van der Waals surface area contributed by atoms with Gasteiger partial charge >= 0.3 is 5.97 Å². The molecule has 0 heterocycles. The molecule has 0 aromatic heterocycles. The molecule has 3 nitrogen and oxygen atoms in total. The van der Waals surface area contributed by atoms with Crippen LogP contribution in [0.3, 0.4) is 0 Å². The van der Waals surface area contributed by atoms with Crippen LogP contribution in [-0.2, 0) is 4.74 Å². The Morgan fingerprint density at radius 1 is 0.905 bits per heavy atom. The van der Waals surface area contributed by atoms with Crippen molar-refractivity contribution in [1.82, 2.24) is 0 Å². The van der Waals surface area contributed by atoms with E-state index in [0.29, 0.717) is 12.2 Å². The Balaban J connectivity index is 2.14. The second-order valence-corrected chi connectivity index (χ2v) is 5.21. The quantitative estimate of drug-likeness (QED) is 0.425. The lowest BCUT2D eigenvalue weighted by Crippen LogP contribution is -2.04. The number of benzene rings is 1. The minimum absolute atomic E-state index is 0.281. The first-order valence-corrected chi connectivity index (χ1v) is 8.18. The minimum Gasteiger partial charge on any atom is -0.494 e. The van der Waals surface area contributed by atoms with Gasteiger partial charge in [-0.1, -0.05) is 45.4 Å². The van der Waals surface area contributed by atoms with Crippen molar-refractivity contribution in [2.24, 2.45) is 0 Å². The van der Waals surface area contributed by atoms with E-state index in [-0.39, 0.29) is 5.97 Å². The molecule has 0 aliphatic rings. The summed E-state index contributed by atoms with van der Waals surface area (Å²) in [4.78, 5) is 11.5. The van der Waals surface area contributed by atoms with E-state index < -0.39 is 0 Å². The molecular formula is C18H28O3. The van der Waals surface area contributed by atoms with Crippen LogP contribution in [0.1, 0.15) is 69.2 Å². The van der Waals surface area contributed by atoms with Crippen LogP contribution >= 0.6 is 0 Å². The van der Waals surface area contributed by atoms with Gasteiger partial charge in [-0.05, 0) is 37.6 Å². The Hall–Kier alpha value is -1.51. The summed E-state index contributed by atoms with van der Waals surface area (Å²) in [5, 5.41) is 0. The summed E-state index contributed by atoms with van der Waals surface area (Å²) in [6, 6.07) is 7.15. The molecule has 3 heteroatoms. The van der Waals surface area contributed by atoms with Crippen LogP contribution in [0.4, 0.5) is 0 Å². The van der Waals surface area contributed by atoms with E-state index in [1.807, 2.05) is 12.1 Å². The summed E-state index contributed by atoms with van der Waals surface area (Å²) < 4.78 is 10.6. The van der Waals surface area contributed by atoms with Crippen LogP contribution in [-0.4, -0.2) is 19.2 Å². The molecule has 0 amide bonds. The van der Waals surface area contributed by atoms with Crippen molar-refractivity contribution < 1.29 is 14.3 Å². The van der Waals surface area contributed by atoms with Crippen LogP contribution < -0.4 is 4.74 Å². The predicted molar refractivity (Wildman–Crippen MR) is 85.9 cm³/mol. The molecule has 0 spiro atoms. The molecule has 0 saturated carbocycles. The van der Waals surface area contributed by atoms with Crippen molar-refractivity contribution in [2.45, 2.75) is 58.8 Å². The fourth-order valence-corrected chi connectivity index (χ4v) is 2.15. The van der Waals surface area contributed by atoms with Gasteiger partial charge in [-0.25, -0.2) is 4.79 Å². The summed E-state index contributed by atoms with van der Waals surface area (Å²) in [5.41, 5.74) is 0.570. The molecule has 1 aromatic carbocycles. The zero-order valence-electron chi connectivity index (χ0n) is 13.4. The molecule has 1 rings (SSSR count). The van der Waals surface area contributed by atoms with Gasteiger partial charge in [0.1, 0.15) is 5.75 Å². The van der Waals surface area contributed by atoms with Crippen molar-refractivity contribution in [2.75, 3.05) is 13.2 Å². The Kier molecular flexibility index (Phi) is 9.34. The van der Waals surface area contributed by atoms with Crippen LogP contribution in [0.5, 0.6) is 5.75 Å². The van der Waals surface area contributed by atoms with E-state index in [1.165, 1.54) is 38.5 Å². The maximum absolute atomic E-state index is 11.5. The van der Waals surface area contributed by atoms with Crippen molar-refractivity contribution in [3.8, 4) is 5.75 Å². The van der Waals surface area contributed by atoms with Gasteiger partial charge in [0.05, 0.1) is 18.8 Å². The van der Waals surface area contributed by atoms with Gasteiger partial charge < -0.3 is 9.47 Å². The van der Waals surface area contributed by atoms with Gasteiger partial charge in [-0.2, -0.15) is 0 Å². The first-order chi connectivity index (χ1) is 10.3. The van der Waals surface area contributed by atoms with Gasteiger partial charge in [0.25, 0.3) is 0 Å². The number of hydrogen-bond acceptors (Lipinski definition) is 3. The maximum atomic E-state index is 11.5. The third kappa shape index (κ3) is 7.74. The average molecular weight is 292 g/mol. The number of unbranched alkanes of at least 4 members (excludes halogenated alkanes) is 6. The standard InChI is InChI=1S/C18H28O3/c1-3-5-6-7-8-9-10-15-21-17-13-11-16(12-14-17)18(19)20-4-2/h11-14H,3-10,15H2,1-2H3. The highest BCUT2D eigenvalue weighted by molar-refractivity contribution is 5.89. The van der Waals surface area contributed by atoms with Crippen LogP contribution in [0.15, 0.2) is 24.3 Å². The van der Waals surface area contributed by atoms with Gasteiger partial charge in [-0.3, -0.25) is 0 Å². The van der Waals surface area contributed by atoms with Crippen molar-refractivity contribution in [1.29, 1.82) is 0 Å². The Morgan fingerprint density at radius 2 is 1.52 bits per heavy atom. The van der Waals surface area contributed by atoms with E-state index in [0.717, 1.165) is 18.8 Å². The second kappa shape index (κ2) is 11.2. The molecule has 0 fully saturated rings. The SMILES string of the molecule is CCCCCCCCCOc1ccc(C(=O)OCC)cc1.